The van der Waals surface area contributed by atoms with Crippen molar-refractivity contribution in [1.82, 2.24) is 30.2 Å². The van der Waals surface area contributed by atoms with Crippen LogP contribution in [0.2, 0.25) is 0 Å². The van der Waals surface area contributed by atoms with Gasteiger partial charge in [0.15, 0.2) is 12.0 Å². The fourth-order valence-corrected chi connectivity index (χ4v) is 4.61. The summed E-state index contributed by atoms with van der Waals surface area (Å²) in [5.41, 5.74) is 1.28. The van der Waals surface area contributed by atoms with Gasteiger partial charge in [0.25, 0.3) is 0 Å². The molecule has 0 bridgehead atoms. The number of carbonyl (C=O) groups excluding carboxylic acids is 3. The zero-order valence-electron chi connectivity index (χ0n) is 22.0. The summed E-state index contributed by atoms with van der Waals surface area (Å²) >= 11 is 0. The predicted octanol–water partition coefficient (Wildman–Crippen LogP) is 2.10. The van der Waals surface area contributed by atoms with Gasteiger partial charge in [-0.1, -0.05) is 0 Å². The van der Waals surface area contributed by atoms with Crippen LogP contribution in [0.3, 0.4) is 0 Å². The minimum absolute atomic E-state index is 0.151. The Labute approximate surface area is 234 Å². The molecule has 2 aromatic heterocycles. The Hall–Kier alpha value is -5.19. The first-order chi connectivity index (χ1) is 19.8. The number of aromatic nitrogens is 4. The number of benzene rings is 1. The number of carbonyl (C=O) groups is 3. The highest BCUT2D eigenvalue weighted by Gasteiger charge is 2.37. The van der Waals surface area contributed by atoms with Crippen LogP contribution in [0.1, 0.15) is 31.7 Å². The second kappa shape index (κ2) is 11.9. The Morgan fingerprint density at radius 3 is 2.73 bits per heavy atom. The van der Waals surface area contributed by atoms with Crippen molar-refractivity contribution in [1.29, 1.82) is 5.26 Å². The van der Waals surface area contributed by atoms with Gasteiger partial charge in [0.2, 0.25) is 23.7 Å². The summed E-state index contributed by atoms with van der Waals surface area (Å²) in [5, 5.41) is 18.0. The van der Waals surface area contributed by atoms with E-state index in [1.54, 1.807) is 30.3 Å². The maximum absolute atomic E-state index is 15.0. The molecule has 0 spiro atoms. The number of anilines is 3. The number of nitrogens with zero attached hydrogens (tertiary/aromatic N) is 6. The highest BCUT2D eigenvalue weighted by atomic mass is 19.1. The molecule has 5 rings (SSSR count). The van der Waals surface area contributed by atoms with Gasteiger partial charge in [-0.25, -0.2) is 19.3 Å². The molecule has 0 saturated carbocycles. The van der Waals surface area contributed by atoms with Crippen molar-refractivity contribution in [2.45, 2.75) is 44.5 Å². The zero-order chi connectivity index (χ0) is 28.9. The maximum atomic E-state index is 15.0. The van der Waals surface area contributed by atoms with Crippen LogP contribution in [0.15, 0.2) is 42.9 Å². The van der Waals surface area contributed by atoms with Crippen molar-refractivity contribution < 1.29 is 23.5 Å². The first-order valence-electron chi connectivity index (χ1n) is 12.9. The molecule has 3 amide bonds. The summed E-state index contributed by atoms with van der Waals surface area (Å²) in [6, 6.07) is 9.57. The van der Waals surface area contributed by atoms with Crippen LogP contribution >= 0.6 is 0 Å². The van der Waals surface area contributed by atoms with E-state index in [-0.39, 0.29) is 60.9 Å². The smallest absolute Gasteiger partial charge is 0.245 e. The monoisotopic (exact) mass is 559 g/mol. The molecule has 2 fully saturated rings. The van der Waals surface area contributed by atoms with E-state index in [2.05, 4.69) is 42.0 Å². The summed E-state index contributed by atoms with van der Waals surface area (Å²) in [5.74, 6) is 0.453. The summed E-state index contributed by atoms with van der Waals surface area (Å²) in [6.07, 6.45) is 1.47. The average Bonchev–Trinajstić information content (AvgIpc) is 3.41. The van der Waals surface area contributed by atoms with E-state index in [1.165, 1.54) is 24.3 Å². The topological polar surface area (TPSA) is 175 Å². The van der Waals surface area contributed by atoms with E-state index in [4.69, 9.17) is 4.74 Å². The molecule has 2 aliphatic heterocycles. The van der Waals surface area contributed by atoms with Gasteiger partial charge in [-0.15, -0.1) is 0 Å². The standard InChI is InChI=1S/C27H26FN9O4/c1-15(38)33-23-6-3-18(12-30-23)34-27-32-14-31-25(36-27)16-2-5-21(17(10-16)11-29)41-22-8-9-37(13-19(22)28)26(40)20-4-7-24(39)35-20/h2-3,5-6,10,12,14,19-20,22H,4,7-9,13H2,1H3,(H,35,39)(H,30,33,38)(H,31,32,34,36)/t19-,20-,22-/m0/s1. The lowest BCUT2D eigenvalue weighted by Crippen LogP contribution is -2.53. The Balaban J connectivity index is 1.23. The van der Waals surface area contributed by atoms with Crippen LogP contribution in [0, 0.1) is 11.3 Å². The van der Waals surface area contributed by atoms with Crippen molar-refractivity contribution in [3.05, 3.63) is 48.4 Å². The molecular formula is C27H26FN9O4. The van der Waals surface area contributed by atoms with Gasteiger partial charge in [0.05, 0.1) is 24.0 Å². The summed E-state index contributed by atoms with van der Waals surface area (Å²) in [7, 11) is 0. The number of rotatable bonds is 7. The lowest BCUT2D eigenvalue weighted by molar-refractivity contribution is -0.138. The van der Waals surface area contributed by atoms with Crippen LogP contribution in [0.5, 0.6) is 5.75 Å². The molecule has 3 aromatic rings. The first-order valence-corrected chi connectivity index (χ1v) is 12.9. The van der Waals surface area contributed by atoms with Crippen LogP contribution in [0.25, 0.3) is 11.4 Å². The predicted molar refractivity (Wildman–Crippen MR) is 143 cm³/mol. The van der Waals surface area contributed by atoms with Gasteiger partial charge >= 0.3 is 0 Å². The number of ether oxygens (including phenoxy) is 1. The number of hydrogen-bond acceptors (Lipinski definition) is 10. The fraction of sp³-hybridized carbons (Fsp3) is 0.333. The van der Waals surface area contributed by atoms with Gasteiger partial charge in [-0.2, -0.15) is 10.2 Å². The van der Waals surface area contributed by atoms with Crippen molar-refractivity contribution in [3.8, 4) is 23.2 Å². The number of nitriles is 1. The van der Waals surface area contributed by atoms with Crippen molar-refractivity contribution >= 4 is 35.2 Å². The van der Waals surface area contributed by atoms with Crippen LogP contribution < -0.4 is 20.7 Å². The third-order valence-electron chi connectivity index (χ3n) is 6.62. The molecule has 2 saturated heterocycles. The van der Waals surface area contributed by atoms with E-state index in [0.29, 0.717) is 29.3 Å². The molecule has 210 valence electrons. The Bertz CT molecular complexity index is 1510. The van der Waals surface area contributed by atoms with Crippen molar-refractivity contribution in [3.63, 3.8) is 0 Å². The van der Waals surface area contributed by atoms with Crippen LogP contribution in [-0.4, -0.2) is 74.0 Å². The van der Waals surface area contributed by atoms with Gasteiger partial charge in [0, 0.05) is 31.9 Å². The molecule has 0 unspecified atom stereocenters. The van der Waals surface area contributed by atoms with Gasteiger partial charge in [-0.3, -0.25) is 14.4 Å². The first kappa shape index (κ1) is 27.4. The third kappa shape index (κ3) is 6.52. The maximum Gasteiger partial charge on any atom is 0.245 e. The number of nitrogens with one attached hydrogen (secondary N) is 3. The molecule has 1 aromatic carbocycles. The molecule has 3 atom stereocenters. The number of pyridine rings is 1. The Morgan fingerprint density at radius 2 is 2.05 bits per heavy atom. The number of amides is 3. The minimum Gasteiger partial charge on any atom is -0.486 e. The molecule has 0 radical (unpaired) electrons. The molecule has 14 heteroatoms. The number of likely N-dealkylation sites (tertiary alicyclic amines) is 1. The lowest BCUT2D eigenvalue weighted by Gasteiger charge is -2.36. The average molecular weight is 560 g/mol. The lowest BCUT2D eigenvalue weighted by atomic mass is 10.0. The van der Waals surface area contributed by atoms with Crippen molar-refractivity contribution in [2.24, 2.45) is 0 Å². The number of hydrogen-bond donors (Lipinski definition) is 3. The van der Waals surface area contributed by atoms with Crippen LogP contribution in [-0.2, 0) is 14.4 Å². The summed E-state index contributed by atoms with van der Waals surface area (Å²) < 4.78 is 20.9. The van der Waals surface area contributed by atoms with E-state index in [1.807, 2.05) is 0 Å². The molecular weight excluding hydrogens is 533 g/mol. The third-order valence-corrected chi connectivity index (χ3v) is 6.62. The summed E-state index contributed by atoms with van der Waals surface area (Å²) in [6.45, 7) is 1.52. The summed E-state index contributed by atoms with van der Waals surface area (Å²) in [4.78, 5) is 53.5. The molecule has 0 aliphatic carbocycles. The van der Waals surface area contributed by atoms with E-state index < -0.39 is 18.3 Å². The van der Waals surface area contributed by atoms with Gasteiger partial charge in [0.1, 0.15) is 36.1 Å². The zero-order valence-corrected chi connectivity index (χ0v) is 22.0. The number of halogens is 1. The fourth-order valence-electron chi connectivity index (χ4n) is 4.61. The largest absolute Gasteiger partial charge is 0.486 e. The molecule has 4 heterocycles. The minimum atomic E-state index is -1.46. The second-order valence-corrected chi connectivity index (χ2v) is 9.60. The van der Waals surface area contributed by atoms with E-state index in [9.17, 15) is 19.6 Å². The molecule has 2 aliphatic rings. The van der Waals surface area contributed by atoms with Gasteiger partial charge in [-0.05, 0) is 36.8 Å². The van der Waals surface area contributed by atoms with Crippen LogP contribution in [0.4, 0.5) is 21.8 Å². The molecule has 3 N–H and O–H groups in total. The number of alkyl halides is 1. The van der Waals surface area contributed by atoms with E-state index >= 15 is 4.39 Å². The van der Waals surface area contributed by atoms with E-state index in [0.717, 1.165) is 0 Å². The molecule has 13 nitrogen and oxygen atoms in total. The Morgan fingerprint density at radius 1 is 1.20 bits per heavy atom. The highest BCUT2D eigenvalue weighted by molar-refractivity contribution is 5.91. The molecule has 41 heavy (non-hydrogen) atoms. The highest BCUT2D eigenvalue weighted by Crippen LogP contribution is 2.29. The quantitative estimate of drug-likeness (QED) is 0.389. The van der Waals surface area contributed by atoms with Gasteiger partial charge < -0.3 is 25.6 Å². The Kier molecular flexibility index (Phi) is 7.95. The second-order valence-electron chi connectivity index (χ2n) is 9.60. The number of piperidine rings is 1. The SMILES string of the molecule is CC(=O)Nc1ccc(Nc2ncnc(-c3ccc(O[C@H]4CCN(C(=O)[C@@H]5CCC(=O)N5)C[C@@H]4F)c(C#N)c3)n2)cn1. The normalized spacial score (nSPS) is 20.1. The van der Waals surface area contributed by atoms with Crippen molar-refractivity contribution in [2.75, 3.05) is 23.7 Å².